The van der Waals surface area contributed by atoms with Gasteiger partial charge in [-0.2, -0.15) is 4.31 Å². The monoisotopic (exact) mass is 366 g/mol. The maximum absolute atomic E-state index is 13.2. The Labute approximate surface area is 147 Å². The molecule has 1 amide bonds. The second kappa shape index (κ2) is 6.17. The number of nitrogens with zero attached hydrogens (tertiary/aromatic N) is 2. The zero-order chi connectivity index (χ0) is 17.6. The first-order valence-electron chi connectivity index (χ1n) is 8.70. The van der Waals surface area contributed by atoms with Crippen molar-refractivity contribution in [1.82, 2.24) is 9.21 Å². The van der Waals surface area contributed by atoms with Gasteiger partial charge in [-0.3, -0.25) is 4.79 Å². The summed E-state index contributed by atoms with van der Waals surface area (Å²) in [5.41, 5.74) is 0. The van der Waals surface area contributed by atoms with Crippen LogP contribution in [-0.4, -0.2) is 61.9 Å². The molecule has 7 nitrogen and oxygen atoms in total. The van der Waals surface area contributed by atoms with E-state index in [1.807, 2.05) is 4.90 Å². The number of ether oxygens (including phenoxy) is 2. The summed E-state index contributed by atoms with van der Waals surface area (Å²) in [5, 5.41) is 0. The molecule has 1 aromatic rings. The SMILES string of the molecule is C[C@@H]1C(=O)N2CCC[C@H]2CN1S(=O)(=O)c1ccc2c(c1)OCCCO2. The van der Waals surface area contributed by atoms with E-state index in [9.17, 15) is 13.2 Å². The number of benzene rings is 1. The largest absolute Gasteiger partial charge is 0.490 e. The molecule has 0 N–H and O–H groups in total. The molecule has 3 aliphatic rings. The van der Waals surface area contributed by atoms with E-state index in [0.717, 1.165) is 25.8 Å². The van der Waals surface area contributed by atoms with Crippen molar-refractivity contribution in [1.29, 1.82) is 0 Å². The quantitative estimate of drug-likeness (QED) is 0.787. The third-order valence-electron chi connectivity index (χ3n) is 5.17. The fourth-order valence-corrected chi connectivity index (χ4v) is 5.43. The van der Waals surface area contributed by atoms with Gasteiger partial charge in [0.1, 0.15) is 6.04 Å². The first kappa shape index (κ1) is 16.7. The Morgan fingerprint density at radius 3 is 2.68 bits per heavy atom. The van der Waals surface area contributed by atoms with Crippen LogP contribution < -0.4 is 9.47 Å². The predicted octanol–water partition coefficient (Wildman–Crippen LogP) is 1.23. The third kappa shape index (κ3) is 2.77. The van der Waals surface area contributed by atoms with E-state index < -0.39 is 16.1 Å². The highest BCUT2D eigenvalue weighted by molar-refractivity contribution is 7.89. The van der Waals surface area contributed by atoms with Crippen LogP contribution >= 0.6 is 0 Å². The summed E-state index contributed by atoms with van der Waals surface area (Å²) < 4.78 is 38.8. The maximum atomic E-state index is 13.2. The van der Waals surface area contributed by atoms with Crippen molar-refractivity contribution in [3.05, 3.63) is 18.2 Å². The van der Waals surface area contributed by atoms with Gasteiger partial charge in [0, 0.05) is 31.6 Å². The van der Waals surface area contributed by atoms with Crippen molar-refractivity contribution in [2.45, 2.75) is 43.2 Å². The summed E-state index contributed by atoms with van der Waals surface area (Å²) in [4.78, 5) is 14.5. The van der Waals surface area contributed by atoms with Crippen molar-refractivity contribution in [2.75, 3.05) is 26.3 Å². The number of carbonyl (C=O) groups is 1. The Balaban J connectivity index is 1.67. The fraction of sp³-hybridized carbons (Fsp3) is 0.588. The van der Waals surface area contributed by atoms with Crippen LogP contribution in [0.3, 0.4) is 0 Å². The lowest BCUT2D eigenvalue weighted by molar-refractivity contribution is -0.139. The highest BCUT2D eigenvalue weighted by Crippen LogP contribution is 2.35. The minimum atomic E-state index is -3.78. The van der Waals surface area contributed by atoms with Crippen LogP contribution in [0.25, 0.3) is 0 Å². The average molecular weight is 366 g/mol. The highest BCUT2D eigenvalue weighted by Gasteiger charge is 2.45. The number of rotatable bonds is 2. The Hall–Kier alpha value is -1.80. The number of fused-ring (bicyclic) bond motifs is 2. The smallest absolute Gasteiger partial charge is 0.244 e. The highest BCUT2D eigenvalue weighted by atomic mass is 32.2. The van der Waals surface area contributed by atoms with Crippen LogP contribution in [0, 0.1) is 0 Å². The molecule has 0 aromatic heterocycles. The van der Waals surface area contributed by atoms with Gasteiger partial charge in [-0.15, -0.1) is 0 Å². The lowest BCUT2D eigenvalue weighted by Crippen LogP contribution is -2.59. The molecule has 136 valence electrons. The second-order valence-corrected chi connectivity index (χ2v) is 8.63. The Bertz CT molecular complexity index is 794. The normalized spacial score (nSPS) is 27.1. The molecule has 1 aromatic carbocycles. The van der Waals surface area contributed by atoms with Crippen molar-refractivity contribution in [3.63, 3.8) is 0 Å². The standard InChI is InChI=1S/C17H22N2O5S/c1-12-17(20)18-7-2-4-13(18)11-19(12)25(21,22)14-5-6-15-16(10-14)24-9-3-8-23-15/h5-6,10,12-13H,2-4,7-9,11H2,1H3/t12-,13+/m1/s1. The van der Waals surface area contributed by atoms with Gasteiger partial charge in [-0.25, -0.2) is 8.42 Å². The molecule has 2 fully saturated rings. The zero-order valence-corrected chi connectivity index (χ0v) is 15.0. The molecule has 0 unspecified atom stereocenters. The molecular formula is C17H22N2O5S. The van der Waals surface area contributed by atoms with Crippen molar-refractivity contribution >= 4 is 15.9 Å². The summed E-state index contributed by atoms with van der Waals surface area (Å²) >= 11 is 0. The Kier molecular flexibility index (Phi) is 4.11. The Morgan fingerprint density at radius 1 is 1.12 bits per heavy atom. The second-order valence-electron chi connectivity index (χ2n) is 6.74. The van der Waals surface area contributed by atoms with Gasteiger partial charge in [0.2, 0.25) is 15.9 Å². The van der Waals surface area contributed by atoms with Crippen LogP contribution in [0.4, 0.5) is 0 Å². The number of hydrogen-bond donors (Lipinski definition) is 0. The zero-order valence-electron chi connectivity index (χ0n) is 14.2. The van der Waals surface area contributed by atoms with E-state index >= 15 is 0 Å². The van der Waals surface area contributed by atoms with Gasteiger partial charge < -0.3 is 14.4 Å². The van der Waals surface area contributed by atoms with Gasteiger partial charge >= 0.3 is 0 Å². The predicted molar refractivity (Wildman–Crippen MR) is 90.1 cm³/mol. The van der Waals surface area contributed by atoms with Crippen LogP contribution in [0.2, 0.25) is 0 Å². The molecule has 3 heterocycles. The lowest BCUT2D eigenvalue weighted by atomic mass is 10.1. The van der Waals surface area contributed by atoms with E-state index in [1.165, 1.54) is 16.4 Å². The minimum Gasteiger partial charge on any atom is -0.490 e. The molecular weight excluding hydrogens is 344 g/mol. The summed E-state index contributed by atoms with van der Waals surface area (Å²) in [6.07, 6.45) is 2.54. The summed E-state index contributed by atoms with van der Waals surface area (Å²) in [6, 6.07) is 3.97. The van der Waals surface area contributed by atoms with Gasteiger partial charge in [0.25, 0.3) is 0 Å². The third-order valence-corrected chi connectivity index (χ3v) is 7.10. The van der Waals surface area contributed by atoms with Crippen LogP contribution in [0.15, 0.2) is 23.1 Å². The minimum absolute atomic E-state index is 0.0149. The van der Waals surface area contributed by atoms with Crippen molar-refractivity contribution in [3.8, 4) is 11.5 Å². The Morgan fingerprint density at radius 2 is 1.88 bits per heavy atom. The van der Waals surface area contributed by atoms with Crippen LogP contribution in [0.5, 0.6) is 11.5 Å². The van der Waals surface area contributed by atoms with Crippen LogP contribution in [-0.2, 0) is 14.8 Å². The van der Waals surface area contributed by atoms with E-state index in [2.05, 4.69) is 0 Å². The topological polar surface area (TPSA) is 76.2 Å². The molecule has 0 saturated carbocycles. The number of amides is 1. The van der Waals surface area contributed by atoms with Crippen LogP contribution in [0.1, 0.15) is 26.2 Å². The maximum Gasteiger partial charge on any atom is 0.244 e. The van der Waals surface area contributed by atoms with Crippen molar-refractivity contribution < 1.29 is 22.7 Å². The van der Waals surface area contributed by atoms with Gasteiger partial charge in [0.15, 0.2) is 11.5 Å². The number of hydrogen-bond acceptors (Lipinski definition) is 5. The molecule has 0 aliphatic carbocycles. The molecule has 8 heteroatoms. The summed E-state index contributed by atoms with van der Waals surface area (Å²) in [7, 11) is -3.78. The molecule has 4 rings (SSSR count). The van der Waals surface area contributed by atoms with Gasteiger partial charge in [0.05, 0.1) is 18.1 Å². The molecule has 0 bridgehead atoms. The molecule has 25 heavy (non-hydrogen) atoms. The number of piperazine rings is 1. The average Bonchev–Trinajstić information content (AvgIpc) is 2.94. The number of sulfonamides is 1. The lowest BCUT2D eigenvalue weighted by Gasteiger charge is -2.40. The van der Waals surface area contributed by atoms with E-state index in [1.54, 1.807) is 13.0 Å². The first-order valence-corrected chi connectivity index (χ1v) is 10.1. The van der Waals surface area contributed by atoms with E-state index in [4.69, 9.17) is 9.47 Å². The van der Waals surface area contributed by atoms with E-state index in [-0.39, 0.29) is 16.8 Å². The van der Waals surface area contributed by atoms with Gasteiger partial charge in [-0.05, 0) is 31.9 Å². The number of carbonyl (C=O) groups excluding carboxylic acids is 1. The first-order chi connectivity index (χ1) is 12.0. The summed E-state index contributed by atoms with van der Waals surface area (Å²) in [5.74, 6) is 0.893. The van der Waals surface area contributed by atoms with Gasteiger partial charge in [-0.1, -0.05) is 0 Å². The molecule has 3 aliphatic heterocycles. The fourth-order valence-electron chi connectivity index (χ4n) is 3.79. The summed E-state index contributed by atoms with van der Waals surface area (Å²) in [6.45, 7) is 3.79. The molecule has 2 saturated heterocycles. The molecule has 0 radical (unpaired) electrons. The molecule has 0 spiro atoms. The molecule has 2 atom stereocenters. The van der Waals surface area contributed by atoms with Crippen molar-refractivity contribution in [2.24, 2.45) is 0 Å². The van der Waals surface area contributed by atoms with E-state index in [0.29, 0.717) is 31.3 Å².